The summed E-state index contributed by atoms with van der Waals surface area (Å²) in [4.78, 5) is 15.2. The molecule has 0 aliphatic rings. The number of nitrogens with zero attached hydrogens (tertiary/aromatic N) is 4. The number of aromatic amines is 1. The van der Waals surface area contributed by atoms with Gasteiger partial charge >= 0.3 is 6.03 Å². The van der Waals surface area contributed by atoms with E-state index in [4.69, 9.17) is 0 Å². The second kappa shape index (κ2) is 4.13. The number of amides is 2. The molecule has 0 aliphatic carbocycles. The Labute approximate surface area is 84.1 Å². The maximum Gasteiger partial charge on any atom is 0.327 e. The van der Waals surface area contributed by atoms with Gasteiger partial charge < -0.3 is 0 Å². The van der Waals surface area contributed by atoms with Crippen molar-refractivity contribution in [2.75, 3.05) is 10.6 Å². The predicted molar refractivity (Wildman–Crippen MR) is 51.1 cm³/mol. The Morgan fingerprint density at radius 3 is 2.93 bits per heavy atom. The topological polar surface area (TPSA) is 108 Å². The summed E-state index contributed by atoms with van der Waals surface area (Å²) in [5.41, 5.74) is 0. The molecule has 0 bridgehead atoms. The minimum Gasteiger partial charge on any atom is -0.292 e. The fourth-order valence-corrected chi connectivity index (χ4v) is 0.904. The van der Waals surface area contributed by atoms with Gasteiger partial charge in [-0.25, -0.2) is 14.9 Å². The number of carbonyl (C=O) groups excluding carboxylic acids is 1. The zero-order valence-corrected chi connectivity index (χ0v) is 7.51. The lowest BCUT2D eigenvalue weighted by Gasteiger charge is -2.02. The molecule has 0 unspecified atom stereocenters. The molecule has 15 heavy (non-hydrogen) atoms. The maximum atomic E-state index is 11.3. The fraction of sp³-hybridized carbons (Fsp3) is 0. The number of nitrogens with one attached hydrogen (secondary N) is 3. The molecule has 0 saturated carbocycles. The highest BCUT2D eigenvalue weighted by Crippen LogP contribution is 2.00. The monoisotopic (exact) mass is 205 g/mol. The van der Waals surface area contributed by atoms with Crippen molar-refractivity contribution in [1.29, 1.82) is 0 Å². The molecule has 0 spiro atoms. The van der Waals surface area contributed by atoms with E-state index in [0.717, 1.165) is 0 Å². The molecule has 8 nitrogen and oxygen atoms in total. The standard InChI is InChI=1S/C7H7N7O/c15-7(10-6-11-13-14-12-6)9-5-3-1-2-4-8-5/h1-4H,(H3,8,9,10,11,12,13,14,15). The molecule has 2 amide bonds. The maximum absolute atomic E-state index is 11.3. The molecule has 2 aromatic rings. The fourth-order valence-electron chi connectivity index (χ4n) is 0.904. The normalized spacial score (nSPS) is 9.60. The first-order valence-corrected chi connectivity index (χ1v) is 4.07. The summed E-state index contributed by atoms with van der Waals surface area (Å²) >= 11 is 0. The molecule has 2 rings (SSSR count). The number of H-pyrrole nitrogens is 1. The van der Waals surface area contributed by atoms with Crippen molar-refractivity contribution in [2.24, 2.45) is 0 Å². The smallest absolute Gasteiger partial charge is 0.292 e. The Hall–Kier alpha value is -2.51. The van der Waals surface area contributed by atoms with Crippen LogP contribution in [-0.2, 0) is 0 Å². The van der Waals surface area contributed by atoms with E-state index in [9.17, 15) is 4.79 Å². The third-order valence-corrected chi connectivity index (χ3v) is 1.48. The molecule has 8 heteroatoms. The Bertz CT molecular complexity index is 426. The Morgan fingerprint density at radius 2 is 2.27 bits per heavy atom. The van der Waals surface area contributed by atoms with Gasteiger partial charge in [-0.05, 0) is 22.6 Å². The predicted octanol–water partition coefficient (Wildman–Crippen LogP) is 0.239. The molecule has 0 radical (unpaired) electrons. The van der Waals surface area contributed by atoms with Crippen molar-refractivity contribution in [3.63, 3.8) is 0 Å². The van der Waals surface area contributed by atoms with Gasteiger partial charge in [0.2, 0.25) is 5.95 Å². The third kappa shape index (κ3) is 2.46. The molecule has 3 N–H and O–H groups in total. The van der Waals surface area contributed by atoms with Crippen LogP contribution in [0.25, 0.3) is 0 Å². The van der Waals surface area contributed by atoms with Gasteiger partial charge in [-0.2, -0.15) is 0 Å². The summed E-state index contributed by atoms with van der Waals surface area (Å²) in [6.45, 7) is 0. The van der Waals surface area contributed by atoms with Crippen molar-refractivity contribution in [1.82, 2.24) is 25.6 Å². The molecule has 0 fully saturated rings. The largest absolute Gasteiger partial charge is 0.327 e. The second-order valence-electron chi connectivity index (χ2n) is 2.54. The van der Waals surface area contributed by atoms with Gasteiger partial charge in [-0.1, -0.05) is 11.2 Å². The van der Waals surface area contributed by atoms with Crippen LogP contribution in [0.15, 0.2) is 24.4 Å². The van der Waals surface area contributed by atoms with Crippen molar-refractivity contribution >= 4 is 17.8 Å². The molecule has 2 heterocycles. The first-order valence-electron chi connectivity index (χ1n) is 4.07. The Balaban J connectivity index is 1.94. The van der Waals surface area contributed by atoms with Crippen LogP contribution >= 0.6 is 0 Å². The van der Waals surface area contributed by atoms with Crippen LogP contribution in [0.5, 0.6) is 0 Å². The molecular formula is C7H7N7O. The van der Waals surface area contributed by atoms with Gasteiger partial charge in [0.15, 0.2) is 0 Å². The minimum absolute atomic E-state index is 0.170. The summed E-state index contributed by atoms with van der Waals surface area (Å²) in [5.74, 6) is 0.617. The van der Waals surface area contributed by atoms with E-state index in [1.165, 1.54) is 0 Å². The molecule has 0 aromatic carbocycles. The van der Waals surface area contributed by atoms with Crippen LogP contribution in [0.2, 0.25) is 0 Å². The summed E-state index contributed by atoms with van der Waals surface area (Å²) in [6, 6.07) is 4.72. The lowest BCUT2D eigenvalue weighted by atomic mass is 10.5. The van der Waals surface area contributed by atoms with Gasteiger partial charge in [0, 0.05) is 6.20 Å². The second-order valence-corrected chi connectivity index (χ2v) is 2.54. The lowest BCUT2D eigenvalue weighted by molar-refractivity contribution is 0.262. The summed E-state index contributed by atoms with van der Waals surface area (Å²) in [7, 11) is 0. The average molecular weight is 205 g/mol. The molecular weight excluding hydrogens is 198 g/mol. The number of hydrogen-bond acceptors (Lipinski definition) is 5. The van der Waals surface area contributed by atoms with Gasteiger partial charge in [-0.15, -0.1) is 0 Å². The number of tetrazole rings is 1. The van der Waals surface area contributed by atoms with Crippen LogP contribution < -0.4 is 10.6 Å². The summed E-state index contributed by atoms with van der Waals surface area (Å²) < 4.78 is 0. The van der Waals surface area contributed by atoms with Crippen molar-refractivity contribution in [2.45, 2.75) is 0 Å². The Kier molecular flexibility index (Phi) is 2.50. The van der Waals surface area contributed by atoms with E-state index in [1.54, 1.807) is 24.4 Å². The Morgan fingerprint density at radius 1 is 1.33 bits per heavy atom. The van der Waals surface area contributed by atoms with Crippen LogP contribution in [0.3, 0.4) is 0 Å². The lowest BCUT2D eigenvalue weighted by Crippen LogP contribution is -2.20. The van der Waals surface area contributed by atoms with E-state index in [1.807, 2.05) is 0 Å². The van der Waals surface area contributed by atoms with E-state index in [2.05, 4.69) is 36.2 Å². The zero-order valence-electron chi connectivity index (χ0n) is 7.51. The van der Waals surface area contributed by atoms with Gasteiger partial charge in [0.1, 0.15) is 5.82 Å². The number of aromatic nitrogens is 5. The quantitative estimate of drug-likeness (QED) is 0.650. The van der Waals surface area contributed by atoms with E-state index in [0.29, 0.717) is 5.82 Å². The van der Waals surface area contributed by atoms with Gasteiger partial charge in [-0.3, -0.25) is 10.6 Å². The number of hydrogen-bond donors (Lipinski definition) is 3. The first kappa shape index (κ1) is 9.06. The van der Waals surface area contributed by atoms with E-state index < -0.39 is 6.03 Å². The van der Waals surface area contributed by atoms with Crippen LogP contribution in [-0.4, -0.2) is 31.6 Å². The van der Waals surface area contributed by atoms with Crippen molar-refractivity contribution in [3.05, 3.63) is 24.4 Å². The average Bonchev–Trinajstić information content (AvgIpc) is 2.71. The molecule has 0 atom stereocenters. The highest BCUT2D eigenvalue weighted by molar-refractivity contribution is 5.97. The number of carbonyl (C=O) groups is 1. The van der Waals surface area contributed by atoms with Crippen LogP contribution in [0.4, 0.5) is 16.6 Å². The molecule has 76 valence electrons. The highest BCUT2D eigenvalue weighted by Gasteiger charge is 2.04. The first-order chi connectivity index (χ1) is 7.34. The zero-order chi connectivity index (χ0) is 10.5. The van der Waals surface area contributed by atoms with Crippen molar-refractivity contribution < 1.29 is 4.79 Å². The van der Waals surface area contributed by atoms with E-state index in [-0.39, 0.29) is 5.95 Å². The van der Waals surface area contributed by atoms with Gasteiger partial charge in [0.05, 0.1) is 0 Å². The molecule has 2 aromatic heterocycles. The third-order valence-electron chi connectivity index (χ3n) is 1.48. The molecule has 0 saturated heterocycles. The van der Waals surface area contributed by atoms with Crippen molar-refractivity contribution in [3.8, 4) is 0 Å². The number of urea groups is 1. The van der Waals surface area contributed by atoms with Crippen LogP contribution in [0.1, 0.15) is 0 Å². The minimum atomic E-state index is -0.466. The highest BCUT2D eigenvalue weighted by atomic mass is 16.2. The SMILES string of the molecule is O=C(Nc1ccccn1)Nc1nnn[nH]1. The van der Waals surface area contributed by atoms with Gasteiger partial charge in [0.25, 0.3) is 0 Å². The number of pyridine rings is 1. The summed E-state index contributed by atoms with van der Waals surface area (Å²) in [6.07, 6.45) is 1.58. The van der Waals surface area contributed by atoms with Crippen LogP contribution in [0, 0.1) is 0 Å². The number of rotatable bonds is 2. The van der Waals surface area contributed by atoms with E-state index >= 15 is 0 Å². The number of anilines is 2. The summed E-state index contributed by atoms with van der Waals surface area (Å²) in [5, 5.41) is 17.4. The molecule has 0 aliphatic heterocycles.